The molecule has 1 aromatic heterocycles. The molecular weight excluding hydrogens is 297 g/mol. The van der Waals surface area contributed by atoms with E-state index in [1.807, 2.05) is 13.8 Å². The van der Waals surface area contributed by atoms with Crippen LogP contribution in [0.5, 0.6) is 0 Å². The molecular formula is C15H15F3N2S. The van der Waals surface area contributed by atoms with E-state index in [4.69, 9.17) is 12.2 Å². The molecule has 0 radical (unpaired) electrons. The number of aromatic nitrogens is 2. The summed E-state index contributed by atoms with van der Waals surface area (Å²) in [4.78, 5) is 7.07. The second-order valence-electron chi connectivity index (χ2n) is 5.18. The molecule has 2 aromatic rings. The van der Waals surface area contributed by atoms with Crippen molar-refractivity contribution in [1.82, 2.24) is 9.97 Å². The Labute approximate surface area is 126 Å². The molecule has 0 saturated heterocycles. The number of nitrogens with one attached hydrogen (secondary N) is 1. The molecule has 0 unspecified atom stereocenters. The Balaban J connectivity index is 2.64. The van der Waals surface area contributed by atoms with Gasteiger partial charge in [0.05, 0.1) is 17.6 Å². The molecule has 0 aliphatic heterocycles. The molecule has 0 bridgehead atoms. The number of nitrogens with zero attached hydrogens (tertiary/aromatic N) is 1. The predicted octanol–water partition coefficient (Wildman–Crippen LogP) is 5.26. The van der Waals surface area contributed by atoms with Crippen molar-refractivity contribution in [2.45, 2.75) is 32.9 Å². The van der Waals surface area contributed by atoms with Crippen molar-refractivity contribution < 1.29 is 13.2 Å². The highest BCUT2D eigenvalue weighted by Gasteiger charge is 2.30. The van der Waals surface area contributed by atoms with Gasteiger partial charge in [-0.25, -0.2) is 4.98 Å². The Morgan fingerprint density at radius 3 is 2.43 bits per heavy atom. The fraction of sp³-hybridized carbons (Fsp3) is 0.333. The van der Waals surface area contributed by atoms with Crippen LogP contribution in [-0.4, -0.2) is 9.97 Å². The first-order valence-corrected chi connectivity index (χ1v) is 6.88. The molecule has 1 N–H and O–H groups in total. The summed E-state index contributed by atoms with van der Waals surface area (Å²) in [5, 5.41) is 0. The Morgan fingerprint density at radius 1 is 1.24 bits per heavy atom. The zero-order valence-corrected chi connectivity index (χ0v) is 12.7. The van der Waals surface area contributed by atoms with Gasteiger partial charge in [-0.3, -0.25) is 0 Å². The molecule has 1 aromatic carbocycles. The molecule has 0 aliphatic carbocycles. The highest BCUT2D eigenvalue weighted by Crippen LogP contribution is 2.34. The quantitative estimate of drug-likeness (QED) is 0.767. The third-order valence-corrected chi connectivity index (χ3v) is 3.62. The van der Waals surface area contributed by atoms with Crippen molar-refractivity contribution in [1.29, 1.82) is 0 Å². The summed E-state index contributed by atoms with van der Waals surface area (Å²) in [6.45, 7) is 5.61. The Morgan fingerprint density at radius 2 is 1.90 bits per heavy atom. The van der Waals surface area contributed by atoms with Gasteiger partial charge in [0.25, 0.3) is 0 Å². The summed E-state index contributed by atoms with van der Waals surface area (Å²) in [5.74, 6) is 0.124. The van der Waals surface area contributed by atoms with E-state index in [0.717, 1.165) is 23.4 Å². The number of aromatic amines is 1. The summed E-state index contributed by atoms with van der Waals surface area (Å²) in [5.41, 5.74) is 2.18. The second-order valence-corrected chi connectivity index (χ2v) is 5.57. The van der Waals surface area contributed by atoms with Crippen LogP contribution in [0.1, 0.15) is 36.5 Å². The minimum Gasteiger partial charge on any atom is -0.346 e. The fourth-order valence-electron chi connectivity index (χ4n) is 2.29. The van der Waals surface area contributed by atoms with Gasteiger partial charge in [-0.05, 0) is 30.5 Å². The van der Waals surface area contributed by atoms with Gasteiger partial charge in [-0.2, -0.15) is 13.2 Å². The monoisotopic (exact) mass is 312 g/mol. The maximum absolute atomic E-state index is 12.7. The predicted molar refractivity (Wildman–Crippen MR) is 78.7 cm³/mol. The van der Waals surface area contributed by atoms with Gasteiger partial charge in [0, 0.05) is 11.1 Å². The number of hydrogen-bond donors (Lipinski definition) is 1. The van der Waals surface area contributed by atoms with Crippen molar-refractivity contribution in [3.63, 3.8) is 0 Å². The lowest BCUT2D eigenvalue weighted by Gasteiger charge is -2.15. The lowest BCUT2D eigenvalue weighted by molar-refractivity contribution is -0.137. The highest BCUT2D eigenvalue weighted by molar-refractivity contribution is 7.71. The SMILES string of the molecule is Cc1cc(C(F)(F)F)ccc1-c1[nH]cnc(=S)c1C(C)C. The number of aryl methyl sites for hydroxylation is 1. The molecule has 112 valence electrons. The minimum absolute atomic E-state index is 0.124. The molecule has 0 saturated carbocycles. The van der Waals surface area contributed by atoms with E-state index in [-0.39, 0.29) is 5.92 Å². The van der Waals surface area contributed by atoms with E-state index >= 15 is 0 Å². The Kier molecular flexibility index (Phi) is 4.18. The van der Waals surface area contributed by atoms with Gasteiger partial charge < -0.3 is 4.98 Å². The van der Waals surface area contributed by atoms with Crippen LogP contribution in [0.3, 0.4) is 0 Å². The average Bonchev–Trinajstić information content (AvgIpc) is 2.36. The number of hydrogen-bond acceptors (Lipinski definition) is 2. The standard InChI is InChI=1S/C15H15F3N2S/c1-8(2)12-13(19-7-20-14(12)21)11-5-4-10(6-9(11)3)15(16,17)18/h4-8H,1-3H3,(H,19,20,21). The smallest absolute Gasteiger partial charge is 0.346 e. The molecule has 2 nitrogen and oxygen atoms in total. The number of H-pyrrole nitrogens is 1. The van der Waals surface area contributed by atoms with E-state index in [1.54, 1.807) is 6.92 Å². The van der Waals surface area contributed by atoms with E-state index in [9.17, 15) is 13.2 Å². The maximum atomic E-state index is 12.7. The molecule has 0 fully saturated rings. The van der Waals surface area contributed by atoms with E-state index in [0.29, 0.717) is 15.8 Å². The lowest BCUT2D eigenvalue weighted by Crippen LogP contribution is -2.06. The van der Waals surface area contributed by atoms with Gasteiger partial charge in [0.1, 0.15) is 4.64 Å². The van der Waals surface area contributed by atoms with Gasteiger partial charge in [-0.15, -0.1) is 0 Å². The van der Waals surface area contributed by atoms with Crippen molar-refractivity contribution >= 4 is 12.2 Å². The minimum atomic E-state index is -4.34. The van der Waals surface area contributed by atoms with Crippen molar-refractivity contribution in [3.8, 4) is 11.3 Å². The molecule has 21 heavy (non-hydrogen) atoms. The topological polar surface area (TPSA) is 28.7 Å². The summed E-state index contributed by atoms with van der Waals surface area (Å²) < 4.78 is 38.7. The largest absolute Gasteiger partial charge is 0.416 e. The first kappa shape index (κ1) is 15.7. The molecule has 2 rings (SSSR count). The highest BCUT2D eigenvalue weighted by atomic mass is 32.1. The first-order chi connectivity index (χ1) is 9.71. The normalized spacial score (nSPS) is 12.0. The van der Waals surface area contributed by atoms with Gasteiger partial charge in [0.2, 0.25) is 0 Å². The van der Waals surface area contributed by atoms with Gasteiger partial charge in [0.15, 0.2) is 0 Å². The number of benzene rings is 1. The second kappa shape index (κ2) is 5.60. The van der Waals surface area contributed by atoms with Crippen LogP contribution in [0.2, 0.25) is 0 Å². The van der Waals surface area contributed by atoms with Crippen LogP contribution < -0.4 is 0 Å². The van der Waals surface area contributed by atoms with Gasteiger partial charge >= 0.3 is 6.18 Å². The van der Waals surface area contributed by atoms with Crippen LogP contribution >= 0.6 is 12.2 Å². The third kappa shape index (κ3) is 3.15. The number of alkyl halides is 3. The van der Waals surface area contributed by atoms with Crippen LogP contribution in [0.15, 0.2) is 24.5 Å². The molecule has 0 aliphatic rings. The zero-order valence-electron chi connectivity index (χ0n) is 11.9. The lowest BCUT2D eigenvalue weighted by atomic mass is 9.95. The van der Waals surface area contributed by atoms with Gasteiger partial charge in [-0.1, -0.05) is 32.1 Å². The number of rotatable bonds is 2. The summed E-state index contributed by atoms with van der Waals surface area (Å²) >= 11 is 5.23. The maximum Gasteiger partial charge on any atom is 0.416 e. The molecule has 6 heteroatoms. The zero-order chi connectivity index (χ0) is 15.8. The fourth-order valence-corrected chi connectivity index (χ4v) is 2.68. The van der Waals surface area contributed by atoms with E-state index in [1.165, 1.54) is 12.4 Å². The average molecular weight is 312 g/mol. The summed E-state index contributed by atoms with van der Waals surface area (Å²) in [6, 6.07) is 3.71. The van der Waals surface area contributed by atoms with Crippen LogP contribution in [0.4, 0.5) is 13.2 Å². The molecule has 0 atom stereocenters. The van der Waals surface area contributed by atoms with Crippen molar-refractivity contribution in [3.05, 3.63) is 45.9 Å². The van der Waals surface area contributed by atoms with E-state index < -0.39 is 11.7 Å². The third-order valence-electron chi connectivity index (χ3n) is 3.29. The van der Waals surface area contributed by atoms with Crippen LogP contribution in [0, 0.1) is 11.6 Å². The van der Waals surface area contributed by atoms with Crippen molar-refractivity contribution in [2.75, 3.05) is 0 Å². The summed E-state index contributed by atoms with van der Waals surface area (Å²) in [7, 11) is 0. The summed E-state index contributed by atoms with van der Waals surface area (Å²) in [6.07, 6.45) is -2.87. The Hall–Kier alpha value is -1.69. The molecule has 0 spiro atoms. The Bertz CT molecular complexity index is 718. The van der Waals surface area contributed by atoms with Crippen LogP contribution in [0.25, 0.3) is 11.3 Å². The van der Waals surface area contributed by atoms with Crippen molar-refractivity contribution in [2.24, 2.45) is 0 Å². The van der Waals surface area contributed by atoms with Crippen LogP contribution in [-0.2, 0) is 6.18 Å². The number of halogens is 3. The molecule has 0 amide bonds. The van der Waals surface area contributed by atoms with E-state index in [2.05, 4.69) is 9.97 Å². The first-order valence-electron chi connectivity index (χ1n) is 6.47. The molecule has 1 heterocycles.